The van der Waals surface area contributed by atoms with Crippen LogP contribution < -0.4 is 5.32 Å². The molecule has 0 aliphatic carbocycles. The molecule has 1 rings (SSSR count). The molecule has 1 heterocycles. The molecule has 0 aromatic carbocycles. The van der Waals surface area contributed by atoms with E-state index in [4.69, 9.17) is 5.11 Å². The summed E-state index contributed by atoms with van der Waals surface area (Å²) in [6.07, 6.45) is 4.18. The summed E-state index contributed by atoms with van der Waals surface area (Å²) >= 11 is 3.24. The molecule has 1 atom stereocenters. The summed E-state index contributed by atoms with van der Waals surface area (Å²) in [7, 11) is 0. The summed E-state index contributed by atoms with van der Waals surface area (Å²) in [6.45, 7) is 2.09. The Bertz CT molecular complexity index is 248. The maximum atomic E-state index is 8.91. The van der Waals surface area contributed by atoms with Gasteiger partial charge in [0.1, 0.15) is 0 Å². The highest BCUT2D eigenvalue weighted by Gasteiger charge is 2.04. The van der Waals surface area contributed by atoms with Crippen molar-refractivity contribution in [2.45, 2.75) is 19.4 Å². The van der Waals surface area contributed by atoms with Gasteiger partial charge in [-0.05, 0) is 22.4 Å². The Morgan fingerprint density at radius 2 is 2.15 bits per heavy atom. The summed E-state index contributed by atoms with van der Waals surface area (Å²) < 4.78 is 0.843. The minimum atomic E-state index is 0.0289. The molecular weight excluding hydrogens is 234 g/mol. The van der Waals surface area contributed by atoms with Crippen molar-refractivity contribution in [1.82, 2.24) is 9.97 Å². The maximum Gasteiger partial charge on any atom is 0.222 e. The molecule has 0 aliphatic heterocycles. The van der Waals surface area contributed by atoms with E-state index in [1.807, 2.05) is 6.92 Å². The van der Waals surface area contributed by atoms with Crippen LogP contribution in [0.25, 0.3) is 0 Å². The zero-order valence-corrected chi connectivity index (χ0v) is 8.95. The Labute approximate surface area is 85.5 Å². The number of hydrogen-bond donors (Lipinski definition) is 2. The van der Waals surface area contributed by atoms with E-state index in [-0.39, 0.29) is 12.6 Å². The molecule has 2 N–H and O–H groups in total. The third-order valence-electron chi connectivity index (χ3n) is 1.67. The lowest BCUT2D eigenvalue weighted by molar-refractivity contribution is 0.271. The summed E-state index contributed by atoms with van der Waals surface area (Å²) in [4.78, 5) is 8.07. The van der Waals surface area contributed by atoms with Crippen molar-refractivity contribution in [3.8, 4) is 0 Å². The minimum Gasteiger partial charge on any atom is -0.394 e. The van der Waals surface area contributed by atoms with Crippen molar-refractivity contribution in [2.75, 3.05) is 11.9 Å². The maximum absolute atomic E-state index is 8.91. The highest BCUT2D eigenvalue weighted by atomic mass is 79.9. The number of rotatable bonds is 4. The number of halogens is 1. The fourth-order valence-electron chi connectivity index (χ4n) is 0.846. The molecule has 4 nitrogen and oxygen atoms in total. The Balaban J connectivity index is 2.58. The van der Waals surface area contributed by atoms with Gasteiger partial charge in [-0.1, -0.05) is 6.92 Å². The zero-order valence-electron chi connectivity index (χ0n) is 7.37. The first-order valence-electron chi connectivity index (χ1n) is 4.11. The van der Waals surface area contributed by atoms with Crippen molar-refractivity contribution in [3.05, 3.63) is 16.9 Å². The van der Waals surface area contributed by atoms with Crippen LogP contribution in [-0.2, 0) is 0 Å². The Morgan fingerprint density at radius 1 is 1.54 bits per heavy atom. The van der Waals surface area contributed by atoms with Gasteiger partial charge in [-0.3, -0.25) is 0 Å². The molecule has 1 aromatic heterocycles. The Kier molecular flexibility index (Phi) is 4.11. The van der Waals surface area contributed by atoms with E-state index in [1.54, 1.807) is 12.4 Å². The topological polar surface area (TPSA) is 58.0 Å². The van der Waals surface area contributed by atoms with Crippen LogP contribution in [0.1, 0.15) is 13.3 Å². The van der Waals surface area contributed by atoms with Crippen molar-refractivity contribution in [1.29, 1.82) is 0 Å². The molecule has 5 heteroatoms. The minimum absolute atomic E-state index is 0.0289. The largest absolute Gasteiger partial charge is 0.394 e. The van der Waals surface area contributed by atoms with Gasteiger partial charge in [-0.15, -0.1) is 0 Å². The monoisotopic (exact) mass is 245 g/mol. The second kappa shape index (κ2) is 5.14. The standard InChI is InChI=1S/C8H12BrN3O/c1-2-7(5-13)12-8-10-3-6(9)4-11-8/h3-4,7,13H,2,5H2,1H3,(H,10,11,12). The van der Waals surface area contributed by atoms with Crippen LogP contribution in [0.4, 0.5) is 5.95 Å². The molecule has 0 aliphatic rings. The van der Waals surface area contributed by atoms with Gasteiger partial charge in [0.25, 0.3) is 0 Å². The molecule has 0 amide bonds. The van der Waals surface area contributed by atoms with Crippen molar-refractivity contribution in [3.63, 3.8) is 0 Å². The van der Waals surface area contributed by atoms with E-state index in [1.165, 1.54) is 0 Å². The van der Waals surface area contributed by atoms with Crippen molar-refractivity contribution >= 4 is 21.9 Å². The lowest BCUT2D eigenvalue weighted by Gasteiger charge is -2.12. The molecule has 1 unspecified atom stereocenters. The average molecular weight is 246 g/mol. The summed E-state index contributed by atoms with van der Waals surface area (Å²) in [5.74, 6) is 0.545. The number of anilines is 1. The first-order valence-corrected chi connectivity index (χ1v) is 4.90. The van der Waals surface area contributed by atoms with Gasteiger partial charge in [0.2, 0.25) is 5.95 Å². The molecule has 0 saturated heterocycles. The lowest BCUT2D eigenvalue weighted by Crippen LogP contribution is -2.23. The van der Waals surface area contributed by atoms with E-state index in [0.29, 0.717) is 5.95 Å². The molecular formula is C8H12BrN3O. The normalized spacial score (nSPS) is 12.5. The number of aliphatic hydroxyl groups is 1. The molecule has 0 radical (unpaired) electrons. The fourth-order valence-corrected chi connectivity index (χ4v) is 1.05. The van der Waals surface area contributed by atoms with E-state index >= 15 is 0 Å². The van der Waals surface area contributed by atoms with Gasteiger partial charge >= 0.3 is 0 Å². The zero-order chi connectivity index (χ0) is 9.68. The van der Waals surface area contributed by atoms with Crippen LogP contribution in [-0.4, -0.2) is 27.7 Å². The van der Waals surface area contributed by atoms with Gasteiger partial charge < -0.3 is 10.4 Å². The molecule has 1 aromatic rings. The summed E-state index contributed by atoms with van der Waals surface area (Å²) in [6, 6.07) is 0.0289. The average Bonchev–Trinajstić information content (AvgIpc) is 2.17. The molecule has 72 valence electrons. The third kappa shape index (κ3) is 3.28. The van der Waals surface area contributed by atoms with E-state index in [2.05, 4.69) is 31.2 Å². The smallest absolute Gasteiger partial charge is 0.222 e. The Morgan fingerprint density at radius 3 is 2.62 bits per heavy atom. The highest BCUT2D eigenvalue weighted by Crippen LogP contribution is 2.08. The Hall–Kier alpha value is -0.680. The highest BCUT2D eigenvalue weighted by molar-refractivity contribution is 9.10. The van der Waals surface area contributed by atoms with Gasteiger partial charge in [0.15, 0.2) is 0 Å². The van der Waals surface area contributed by atoms with Crippen LogP contribution in [0, 0.1) is 0 Å². The number of nitrogens with zero attached hydrogens (tertiary/aromatic N) is 2. The van der Waals surface area contributed by atoms with Crippen LogP contribution >= 0.6 is 15.9 Å². The van der Waals surface area contributed by atoms with E-state index in [0.717, 1.165) is 10.9 Å². The number of nitrogens with one attached hydrogen (secondary N) is 1. The van der Waals surface area contributed by atoms with Gasteiger partial charge in [0.05, 0.1) is 17.1 Å². The fraction of sp³-hybridized carbons (Fsp3) is 0.500. The van der Waals surface area contributed by atoms with Crippen LogP contribution in [0.3, 0.4) is 0 Å². The predicted octanol–water partition coefficient (Wildman–Crippen LogP) is 1.42. The second-order valence-corrected chi connectivity index (χ2v) is 3.57. The third-order valence-corrected chi connectivity index (χ3v) is 2.08. The molecule has 0 bridgehead atoms. The van der Waals surface area contributed by atoms with Gasteiger partial charge in [-0.2, -0.15) is 0 Å². The lowest BCUT2D eigenvalue weighted by atomic mass is 10.2. The number of hydrogen-bond acceptors (Lipinski definition) is 4. The quantitative estimate of drug-likeness (QED) is 0.843. The van der Waals surface area contributed by atoms with E-state index < -0.39 is 0 Å². The second-order valence-electron chi connectivity index (χ2n) is 2.66. The summed E-state index contributed by atoms with van der Waals surface area (Å²) in [5.41, 5.74) is 0. The predicted molar refractivity (Wildman–Crippen MR) is 54.5 cm³/mol. The van der Waals surface area contributed by atoms with Crippen LogP contribution in [0.15, 0.2) is 16.9 Å². The van der Waals surface area contributed by atoms with Crippen LogP contribution in [0.2, 0.25) is 0 Å². The molecule has 0 fully saturated rings. The van der Waals surface area contributed by atoms with E-state index in [9.17, 15) is 0 Å². The molecule has 0 saturated carbocycles. The molecule has 0 spiro atoms. The van der Waals surface area contributed by atoms with Crippen molar-refractivity contribution < 1.29 is 5.11 Å². The first-order chi connectivity index (χ1) is 6.26. The molecule has 13 heavy (non-hydrogen) atoms. The van der Waals surface area contributed by atoms with Crippen LogP contribution in [0.5, 0.6) is 0 Å². The van der Waals surface area contributed by atoms with Crippen molar-refractivity contribution in [2.24, 2.45) is 0 Å². The first kappa shape index (κ1) is 10.4. The summed E-state index contributed by atoms with van der Waals surface area (Å²) in [5, 5.41) is 11.9. The SMILES string of the molecule is CCC(CO)Nc1ncc(Br)cn1. The van der Waals surface area contributed by atoms with Gasteiger partial charge in [-0.25, -0.2) is 9.97 Å². The number of aromatic nitrogens is 2. The van der Waals surface area contributed by atoms with Gasteiger partial charge in [0, 0.05) is 12.4 Å². The number of aliphatic hydroxyl groups excluding tert-OH is 1.